The quantitative estimate of drug-likeness (QED) is 0.888. The molecular weight excluding hydrogens is 340 g/mol. The summed E-state index contributed by atoms with van der Waals surface area (Å²) >= 11 is 3.41. The molecule has 1 aliphatic carbocycles. The molecule has 2 aliphatic heterocycles. The van der Waals surface area contributed by atoms with Crippen LogP contribution in [0.4, 0.5) is 0 Å². The van der Waals surface area contributed by atoms with Gasteiger partial charge in [-0.25, -0.2) is 0 Å². The first-order valence-corrected chi connectivity index (χ1v) is 9.34. The number of halogens is 1. The Kier molecular flexibility index (Phi) is 3.99. The van der Waals surface area contributed by atoms with Gasteiger partial charge in [0.15, 0.2) is 0 Å². The molecule has 4 rings (SSSR count). The van der Waals surface area contributed by atoms with E-state index in [-0.39, 0.29) is 5.91 Å². The summed E-state index contributed by atoms with van der Waals surface area (Å²) in [6.07, 6.45) is 9.05. The molecule has 4 heteroatoms. The maximum atomic E-state index is 12.4. The minimum Gasteiger partial charge on any atom is -0.349 e. The first kappa shape index (κ1) is 14.7. The average Bonchev–Trinajstić information content (AvgIpc) is 3.31. The van der Waals surface area contributed by atoms with E-state index >= 15 is 0 Å². The maximum absolute atomic E-state index is 12.4. The molecule has 2 heterocycles. The zero-order chi connectivity index (χ0) is 15.1. The second-order valence-electron chi connectivity index (χ2n) is 7.07. The molecule has 0 radical (unpaired) electrons. The van der Waals surface area contributed by atoms with Crippen LogP contribution in [0, 0.1) is 0 Å². The Bertz CT molecular complexity index is 541. The van der Waals surface area contributed by atoms with Gasteiger partial charge in [0.25, 0.3) is 5.91 Å². The predicted molar refractivity (Wildman–Crippen MR) is 90.9 cm³/mol. The highest BCUT2D eigenvalue weighted by atomic mass is 79.9. The molecule has 1 saturated carbocycles. The zero-order valence-electron chi connectivity index (χ0n) is 12.8. The molecule has 3 fully saturated rings. The number of carbonyl (C=O) groups is 1. The molecule has 3 aliphatic rings. The molecular formula is C18H23BrN2O. The summed E-state index contributed by atoms with van der Waals surface area (Å²) < 4.78 is 1.01. The van der Waals surface area contributed by atoms with Crippen molar-refractivity contribution in [1.82, 2.24) is 10.2 Å². The van der Waals surface area contributed by atoms with Crippen molar-refractivity contribution in [3.63, 3.8) is 0 Å². The Labute approximate surface area is 140 Å². The van der Waals surface area contributed by atoms with Gasteiger partial charge in [-0.2, -0.15) is 0 Å². The topological polar surface area (TPSA) is 32.3 Å². The van der Waals surface area contributed by atoms with Crippen LogP contribution in [-0.2, 0) is 0 Å². The van der Waals surface area contributed by atoms with Crippen molar-refractivity contribution in [2.24, 2.45) is 0 Å². The first-order chi connectivity index (χ1) is 10.7. The highest BCUT2D eigenvalue weighted by Gasteiger charge is 2.45. The van der Waals surface area contributed by atoms with E-state index in [9.17, 15) is 4.79 Å². The number of nitrogens with zero attached hydrogens (tertiary/aromatic N) is 1. The van der Waals surface area contributed by atoms with Gasteiger partial charge >= 0.3 is 0 Å². The molecule has 118 valence electrons. The zero-order valence-corrected chi connectivity index (χ0v) is 14.4. The lowest BCUT2D eigenvalue weighted by atomic mass is 9.81. The summed E-state index contributed by atoms with van der Waals surface area (Å²) in [7, 11) is 0. The summed E-state index contributed by atoms with van der Waals surface area (Å²) in [5.41, 5.74) is 0.762. The number of fused-ring (bicyclic) bond motifs is 2. The maximum Gasteiger partial charge on any atom is 0.251 e. The summed E-state index contributed by atoms with van der Waals surface area (Å²) in [6, 6.07) is 10.3. The third kappa shape index (κ3) is 2.95. The van der Waals surface area contributed by atoms with Gasteiger partial charge < -0.3 is 5.32 Å². The molecule has 1 aromatic carbocycles. The molecule has 1 amide bonds. The lowest BCUT2D eigenvalue weighted by Crippen LogP contribution is -2.57. The van der Waals surface area contributed by atoms with Crippen LogP contribution >= 0.6 is 15.9 Å². The minimum atomic E-state index is 0.0791. The molecule has 1 aromatic rings. The highest BCUT2D eigenvalue weighted by Crippen LogP contribution is 2.41. The largest absolute Gasteiger partial charge is 0.349 e. The Morgan fingerprint density at radius 2 is 1.64 bits per heavy atom. The molecule has 22 heavy (non-hydrogen) atoms. The summed E-state index contributed by atoms with van der Waals surface area (Å²) in [5, 5.41) is 3.28. The van der Waals surface area contributed by atoms with Crippen molar-refractivity contribution in [2.45, 2.75) is 69.1 Å². The first-order valence-electron chi connectivity index (χ1n) is 8.54. The van der Waals surface area contributed by atoms with Gasteiger partial charge in [0.2, 0.25) is 0 Å². The molecule has 2 atom stereocenters. The van der Waals surface area contributed by atoms with E-state index in [0.29, 0.717) is 18.1 Å². The fourth-order valence-electron chi connectivity index (χ4n) is 4.37. The average molecular weight is 363 g/mol. The van der Waals surface area contributed by atoms with Crippen LogP contribution in [0.15, 0.2) is 28.7 Å². The van der Waals surface area contributed by atoms with Crippen LogP contribution in [0.2, 0.25) is 0 Å². The van der Waals surface area contributed by atoms with E-state index in [0.717, 1.165) is 28.9 Å². The van der Waals surface area contributed by atoms with E-state index in [1.807, 2.05) is 24.3 Å². The number of hydrogen-bond acceptors (Lipinski definition) is 2. The molecule has 2 saturated heterocycles. The van der Waals surface area contributed by atoms with Crippen molar-refractivity contribution in [2.75, 3.05) is 0 Å². The van der Waals surface area contributed by atoms with Crippen LogP contribution in [-0.4, -0.2) is 35.0 Å². The fourth-order valence-corrected chi connectivity index (χ4v) is 4.64. The minimum absolute atomic E-state index is 0.0791. The molecule has 3 nitrogen and oxygen atoms in total. The van der Waals surface area contributed by atoms with Crippen LogP contribution in [0.5, 0.6) is 0 Å². The van der Waals surface area contributed by atoms with Gasteiger partial charge in [0.1, 0.15) is 0 Å². The lowest BCUT2D eigenvalue weighted by Gasteiger charge is -2.49. The van der Waals surface area contributed by atoms with Gasteiger partial charge in [0.05, 0.1) is 0 Å². The Balaban J connectivity index is 1.41. The van der Waals surface area contributed by atoms with E-state index in [2.05, 4.69) is 26.1 Å². The van der Waals surface area contributed by atoms with E-state index in [4.69, 9.17) is 0 Å². The SMILES string of the molecule is O=C(NC1C[C@@H]2CCC[C@@H](C1)N2C1CC1)c1ccc(Br)cc1. The van der Waals surface area contributed by atoms with Gasteiger partial charge in [0, 0.05) is 34.2 Å². The Hall–Kier alpha value is -0.870. The molecule has 1 N–H and O–H groups in total. The third-order valence-corrected chi connectivity index (χ3v) is 5.97. The number of nitrogens with one attached hydrogen (secondary N) is 1. The van der Waals surface area contributed by atoms with Crippen LogP contribution in [0.1, 0.15) is 55.3 Å². The second kappa shape index (κ2) is 5.97. The smallest absolute Gasteiger partial charge is 0.251 e. The van der Waals surface area contributed by atoms with Crippen molar-refractivity contribution in [3.8, 4) is 0 Å². The van der Waals surface area contributed by atoms with Gasteiger partial charge in [-0.15, -0.1) is 0 Å². The summed E-state index contributed by atoms with van der Waals surface area (Å²) in [5.74, 6) is 0.0791. The molecule has 0 aromatic heterocycles. The van der Waals surface area contributed by atoms with E-state index in [1.54, 1.807) is 0 Å². The van der Waals surface area contributed by atoms with E-state index < -0.39 is 0 Å². The number of amides is 1. The second-order valence-corrected chi connectivity index (χ2v) is 7.98. The van der Waals surface area contributed by atoms with Gasteiger partial charge in [-0.3, -0.25) is 9.69 Å². The summed E-state index contributed by atoms with van der Waals surface area (Å²) in [6.45, 7) is 0. The number of piperidine rings is 2. The Morgan fingerprint density at radius 1 is 1.00 bits per heavy atom. The number of rotatable bonds is 3. The fraction of sp³-hybridized carbons (Fsp3) is 0.611. The van der Waals surface area contributed by atoms with Crippen LogP contribution < -0.4 is 5.32 Å². The standard InChI is InChI=1S/C18H23BrN2O/c19-13-6-4-12(5-7-13)18(22)20-14-10-16-2-1-3-17(11-14)21(16)15-8-9-15/h4-7,14-17H,1-3,8-11H2,(H,20,22)/t16-,17-/m0/s1. The van der Waals surface area contributed by atoms with Crippen molar-refractivity contribution < 1.29 is 4.79 Å². The predicted octanol–water partition coefficient (Wildman–Crippen LogP) is 3.73. The van der Waals surface area contributed by atoms with Crippen molar-refractivity contribution >= 4 is 21.8 Å². The third-order valence-electron chi connectivity index (χ3n) is 5.44. The summed E-state index contributed by atoms with van der Waals surface area (Å²) in [4.78, 5) is 15.2. The Morgan fingerprint density at radius 3 is 2.23 bits per heavy atom. The van der Waals surface area contributed by atoms with Crippen LogP contribution in [0.25, 0.3) is 0 Å². The van der Waals surface area contributed by atoms with Crippen molar-refractivity contribution in [1.29, 1.82) is 0 Å². The molecule has 2 bridgehead atoms. The number of hydrogen-bond donors (Lipinski definition) is 1. The number of benzene rings is 1. The normalized spacial score (nSPS) is 31.8. The van der Waals surface area contributed by atoms with Gasteiger partial charge in [-0.05, 0) is 62.8 Å². The lowest BCUT2D eigenvalue weighted by molar-refractivity contribution is 0.0175. The number of carbonyl (C=O) groups excluding carboxylic acids is 1. The molecule has 0 unspecified atom stereocenters. The van der Waals surface area contributed by atoms with E-state index in [1.165, 1.54) is 32.1 Å². The van der Waals surface area contributed by atoms with Crippen molar-refractivity contribution in [3.05, 3.63) is 34.3 Å². The highest BCUT2D eigenvalue weighted by molar-refractivity contribution is 9.10. The van der Waals surface area contributed by atoms with Crippen LogP contribution in [0.3, 0.4) is 0 Å². The monoisotopic (exact) mass is 362 g/mol. The molecule has 0 spiro atoms. The van der Waals surface area contributed by atoms with Gasteiger partial charge in [-0.1, -0.05) is 22.4 Å².